The standard InChI is InChI=1S/C15H14F3N3/c1-9(2)20-8-21(15-13(20)4-3-5-19-15)10-6-11(16)14(18)12(17)7-10/h3-7,9H,8H2,1-2H3. The summed E-state index contributed by atoms with van der Waals surface area (Å²) in [6, 6.07) is 5.89. The first-order chi connectivity index (χ1) is 9.99. The smallest absolute Gasteiger partial charge is 0.194 e. The molecular weight excluding hydrogens is 279 g/mol. The number of aromatic nitrogens is 1. The van der Waals surface area contributed by atoms with Crippen LogP contribution in [0.2, 0.25) is 0 Å². The van der Waals surface area contributed by atoms with E-state index in [0.717, 1.165) is 17.8 Å². The molecule has 1 aromatic carbocycles. The molecule has 0 bridgehead atoms. The van der Waals surface area contributed by atoms with Crippen molar-refractivity contribution in [3.05, 3.63) is 47.9 Å². The van der Waals surface area contributed by atoms with E-state index in [1.54, 1.807) is 11.1 Å². The maximum Gasteiger partial charge on any atom is 0.194 e. The number of nitrogens with zero attached hydrogens (tertiary/aromatic N) is 3. The van der Waals surface area contributed by atoms with Crippen LogP contribution in [0.4, 0.5) is 30.4 Å². The fraction of sp³-hybridized carbons (Fsp3) is 0.267. The van der Waals surface area contributed by atoms with Gasteiger partial charge in [-0.1, -0.05) is 0 Å². The van der Waals surface area contributed by atoms with Crippen LogP contribution >= 0.6 is 0 Å². The highest BCUT2D eigenvalue weighted by molar-refractivity contribution is 5.79. The average molecular weight is 293 g/mol. The van der Waals surface area contributed by atoms with Crippen LogP contribution in [0.25, 0.3) is 0 Å². The summed E-state index contributed by atoms with van der Waals surface area (Å²) in [6.07, 6.45) is 1.62. The topological polar surface area (TPSA) is 19.4 Å². The molecular formula is C15H14F3N3. The van der Waals surface area contributed by atoms with Crippen LogP contribution in [0.15, 0.2) is 30.5 Å². The minimum atomic E-state index is -1.46. The van der Waals surface area contributed by atoms with Gasteiger partial charge in [-0.05, 0) is 26.0 Å². The van der Waals surface area contributed by atoms with Crippen LogP contribution in [0.5, 0.6) is 0 Å². The Morgan fingerprint density at radius 2 is 1.81 bits per heavy atom. The third-order valence-corrected chi connectivity index (χ3v) is 3.53. The molecule has 0 spiro atoms. The van der Waals surface area contributed by atoms with Crippen molar-refractivity contribution < 1.29 is 13.2 Å². The summed E-state index contributed by atoms with van der Waals surface area (Å²) >= 11 is 0. The van der Waals surface area contributed by atoms with Crippen molar-refractivity contribution in [3.63, 3.8) is 0 Å². The predicted octanol–water partition coefficient (Wildman–Crippen LogP) is 3.82. The SMILES string of the molecule is CC(C)N1CN(c2cc(F)c(F)c(F)c2)c2ncccc21. The summed E-state index contributed by atoms with van der Waals surface area (Å²) in [5.41, 5.74) is 1.13. The molecule has 110 valence electrons. The Morgan fingerprint density at radius 3 is 2.43 bits per heavy atom. The van der Waals surface area contributed by atoms with Gasteiger partial charge in [0.05, 0.1) is 18.0 Å². The second-order valence-electron chi connectivity index (χ2n) is 5.20. The number of hydrogen-bond acceptors (Lipinski definition) is 3. The molecule has 1 aromatic heterocycles. The van der Waals surface area contributed by atoms with Crippen LogP contribution < -0.4 is 9.80 Å². The van der Waals surface area contributed by atoms with Crippen molar-refractivity contribution >= 4 is 17.2 Å². The largest absolute Gasteiger partial charge is 0.348 e. The van der Waals surface area contributed by atoms with Gasteiger partial charge in [-0.2, -0.15) is 0 Å². The van der Waals surface area contributed by atoms with Gasteiger partial charge in [-0.25, -0.2) is 18.2 Å². The number of rotatable bonds is 2. The fourth-order valence-electron chi connectivity index (χ4n) is 2.46. The molecule has 1 aliphatic heterocycles. The van der Waals surface area contributed by atoms with Gasteiger partial charge in [0, 0.05) is 24.4 Å². The first-order valence-corrected chi connectivity index (χ1v) is 6.62. The molecule has 21 heavy (non-hydrogen) atoms. The van der Waals surface area contributed by atoms with Crippen LogP contribution in [-0.4, -0.2) is 17.7 Å². The van der Waals surface area contributed by atoms with Gasteiger partial charge in [0.15, 0.2) is 23.3 Å². The zero-order valence-electron chi connectivity index (χ0n) is 11.6. The lowest BCUT2D eigenvalue weighted by Gasteiger charge is -2.24. The molecule has 0 saturated carbocycles. The van der Waals surface area contributed by atoms with Crippen molar-refractivity contribution in [2.24, 2.45) is 0 Å². The van der Waals surface area contributed by atoms with Crippen LogP contribution in [0.3, 0.4) is 0 Å². The maximum absolute atomic E-state index is 13.4. The van der Waals surface area contributed by atoms with Crippen molar-refractivity contribution in [3.8, 4) is 0 Å². The Balaban J connectivity index is 2.09. The molecule has 1 aliphatic rings. The summed E-state index contributed by atoms with van der Waals surface area (Å²) in [5.74, 6) is -3.26. The molecule has 0 aliphatic carbocycles. The summed E-state index contributed by atoms with van der Waals surface area (Å²) in [5, 5.41) is 0. The number of fused-ring (bicyclic) bond motifs is 1. The van der Waals surface area contributed by atoms with E-state index in [0.29, 0.717) is 12.5 Å². The molecule has 3 nitrogen and oxygen atoms in total. The Morgan fingerprint density at radius 1 is 1.14 bits per heavy atom. The number of halogens is 3. The van der Waals surface area contributed by atoms with E-state index in [1.165, 1.54) is 0 Å². The van der Waals surface area contributed by atoms with E-state index >= 15 is 0 Å². The Labute approximate surface area is 120 Å². The number of pyridine rings is 1. The highest BCUT2D eigenvalue weighted by Crippen LogP contribution is 2.40. The second kappa shape index (κ2) is 4.95. The lowest BCUT2D eigenvalue weighted by Crippen LogP contribution is -2.33. The first-order valence-electron chi connectivity index (χ1n) is 6.62. The van der Waals surface area contributed by atoms with Crippen molar-refractivity contribution in [2.45, 2.75) is 19.9 Å². The highest BCUT2D eigenvalue weighted by Gasteiger charge is 2.30. The molecule has 0 amide bonds. The first kappa shape index (κ1) is 13.7. The average Bonchev–Trinajstić information content (AvgIpc) is 2.84. The lowest BCUT2D eigenvalue weighted by atomic mass is 10.2. The molecule has 0 atom stereocenters. The molecule has 0 unspecified atom stereocenters. The van der Waals surface area contributed by atoms with Gasteiger partial charge in [0.2, 0.25) is 0 Å². The maximum atomic E-state index is 13.4. The van der Waals surface area contributed by atoms with Crippen molar-refractivity contribution in [1.82, 2.24) is 4.98 Å². The van der Waals surface area contributed by atoms with Crippen molar-refractivity contribution in [2.75, 3.05) is 16.5 Å². The summed E-state index contributed by atoms with van der Waals surface area (Å²) < 4.78 is 40.0. The minimum Gasteiger partial charge on any atom is -0.348 e. The van der Waals surface area contributed by atoms with E-state index in [-0.39, 0.29) is 11.7 Å². The third-order valence-electron chi connectivity index (χ3n) is 3.53. The predicted molar refractivity (Wildman–Crippen MR) is 75.2 cm³/mol. The molecule has 3 rings (SSSR count). The zero-order valence-corrected chi connectivity index (χ0v) is 11.6. The van der Waals surface area contributed by atoms with Crippen molar-refractivity contribution in [1.29, 1.82) is 0 Å². The van der Waals surface area contributed by atoms with E-state index in [2.05, 4.69) is 9.88 Å². The lowest BCUT2D eigenvalue weighted by molar-refractivity contribution is 0.447. The van der Waals surface area contributed by atoms with Gasteiger partial charge in [-0.15, -0.1) is 0 Å². The van der Waals surface area contributed by atoms with Gasteiger partial charge in [0.1, 0.15) is 0 Å². The molecule has 0 radical (unpaired) electrons. The van der Waals surface area contributed by atoms with Crippen LogP contribution in [0.1, 0.15) is 13.8 Å². The van der Waals surface area contributed by atoms with Crippen LogP contribution in [-0.2, 0) is 0 Å². The summed E-state index contributed by atoms with van der Waals surface area (Å²) in [4.78, 5) is 8.00. The molecule has 0 fully saturated rings. The summed E-state index contributed by atoms with van der Waals surface area (Å²) in [7, 11) is 0. The van der Waals surface area contributed by atoms with E-state index < -0.39 is 17.5 Å². The molecule has 0 saturated heterocycles. The minimum absolute atomic E-state index is 0.202. The fourth-order valence-corrected chi connectivity index (χ4v) is 2.46. The van der Waals surface area contributed by atoms with Gasteiger partial charge in [0.25, 0.3) is 0 Å². The van der Waals surface area contributed by atoms with E-state index in [1.807, 2.05) is 26.0 Å². The molecule has 2 aromatic rings. The zero-order chi connectivity index (χ0) is 15.1. The van der Waals surface area contributed by atoms with E-state index in [4.69, 9.17) is 0 Å². The number of hydrogen-bond donors (Lipinski definition) is 0. The quantitative estimate of drug-likeness (QED) is 0.785. The third kappa shape index (κ3) is 2.20. The Bertz CT molecular complexity index is 665. The van der Waals surface area contributed by atoms with Crippen LogP contribution in [0, 0.1) is 17.5 Å². The van der Waals surface area contributed by atoms with Gasteiger partial charge in [-0.3, -0.25) is 0 Å². The number of anilines is 3. The highest BCUT2D eigenvalue weighted by atomic mass is 19.2. The number of benzene rings is 1. The second-order valence-corrected chi connectivity index (χ2v) is 5.20. The van der Waals surface area contributed by atoms with Gasteiger partial charge >= 0.3 is 0 Å². The molecule has 2 heterocycles. The monoisotopic (exact) mass is 293 g/mol. The van der Waals surface area contributed by atoms with Gasteiger partial charge < -0.3 is 9.80 Å². The Kier molecular flexibility index (Phi) is 3.23. The Hall–Kier alpha value is -2.24. The van der Waals surface area contributed by atoms with E-state index in [9.17, 15) is 13.2 Å². The molecule has 6 heteroatoms. The normalized spacial score (nSPS) is 14.0. The molecule has 0 N–H and O–H groups in total. The summed E-state index contributed by atoms with van der Waals surface area (Å²) in [6.45, 7) is 4.45.